The Labute approximate surface area is 89.9 Å². The molecule has 14 heavy (non-hydrogen) atoms. The standard InChI is InChI=1S/C9H17ClN2O2/c1-13-8(11)6-4-3-5-7-9(12-10)14-2/h11H,3-7H2,1-2H3. The fourth-order valence-corrected chi connectivity index (χ4v) is 1.17. The lowest BCUT2D eigenvalue weighted by atomic mass is 10.1. The molecule has 0 atom stereocenters. The van der Waals surface area contributed by atoms with E-state index in [0.29, 0.717) is 18.2 Å². The van der Waals surface area contributed by atoms with Crippen LogP contribution in [0.1, 0.15) is 32.1 Å². The Bertz CT molecular complexity index is 195. The normalized spacial score (nSPS) is 11.2. The number of methoxy groups -OCH3 is 2. The smallest absolute Gasteiger partial charge is 0.200 e. The number of nitrogens with zero attached hydrogens (tertiary/aromatic N) is 1. The zero-order chi connectivity index (χ0) is 10.8. The van der Waals surface area contributed by atoms with E-state index < -0.39 is 0 Å². The third-order valence-electron chi connectivity index (χ3n) is 1.87. The Balaban J connectivity index is 3.33. The highest BCUT2D eigenvalue weighted by Crippen LogP contribution is 2.06. The number of nitrogens with one attached hydrogen (secondary N) is 1. The fraction of sp³-hybridized carbons (Fsp3) is 0.778. The summed E-state index contributed by atoms with van der Waals surface area (Å²) in [4.78, 5) is 0. The van der Waals surface area contributed by atoms with Gasteiger partial charge >= 0.3 is 0 Å². The molecule has 82 valence electrons. The summed E-state index contributed by atoms with van der Waals surface area (Å²) in [5, 5.41) is 7.24. The number of hydrogen-bond acceptors (Lipinski definition) is 4. The van der Waals surface area contributed by atoms with Gasteiger partial charge in [-0.2, -0.15) is 0 Å². The van der Waals surface area contributed by atoms with Crippen LogP contribution in [0.3, 0.4) is 0 Å². The lowest BCUT2D eigenvalue weighted by Crippen LogP contribution is -2.01. The summed E-state index contributed by atoms with van der Waals surface area (Å²) in [6, 6.07) is 0. The van der Waals surface area contributed by atoms with Gasteiger partial charge in [-0.05, 0) is 12.8 Å². The summed E-state index contributed by atoms with van der Waals surface area (Å²) in [7, 11) is 3.08. The molecule has 0 heterocycles. The van der Waals surface area contributed by atoms with Crippen molar-refractivity contribution >= 4 is 23.6 Å². The first-order valence-electron chi connectivity index (χ1n) is 4.57. The molecule has 0 saturated heterocycles. The van der Waals surface area contributed by atoms with Crippen molar-refractivity contribution in [2.24, 2.45) is 4.51 Å². The average Bonchev–Trinajstić information content (AvgIpc) is 2.23. The van der Waals surface area contributed by atoms with Crippen LogP contribution in [0.15, 0.2) is 4.51 Å². The van der Waals surface area contributed by atoms with E-state index in [1.807, 2.05) is 0 Å². The first-order valence-corrected chi connectivity index (χ1v) is 4.91. The number of ether oxygens (including phenoxy) is 2. The van der Waals surface area contributed by atoms with Gasteiger partial charge in [0.05, 0.1) is 14.2 Å². The molecule has 0 aromatic carbocycles. The van der Waals surface area contributed by atoms with Gasteiger partial charge in [0.25, 0.3) is 0 Å². The summed E-state index contributed by atoms with van der Waals surface area (Å²) in [5.41, 5.74) is 0. The molecule has 0 saturated carbocycles. The molecule has 0 unspecified atom stereocenters. The van der Waals surface area contributed by atoms with Crippen LogP contribution in [0.2, 0.25) is 0 Å². The van der Waals surface area contributed by atoms with Gasteiger partial charge < -0.3 is 9.47 Å². The monoisotopic (exact) mass is 220 g/mol. The van der Waals surface area contributed by atoms with Crippen molar-refractivity contribution in [3.05, 3.63) is 0 Å². The first-order chi connectivity index (χ1) is 6.74. The van der Waals surface area contributed by atoms with E-state index in [4.69, 9.17) is 26.7 Å². The van der Waals surface area contributed by atoms with Crippen LogP contribution >= 0.6 is 11.8 Å². The maximum Gasteiger partial charge on any atom is 0.200 e. The number of halogens is 1. The molecule has 0 aromatic heterocycles. The molecule has 0 fully saturated rings. The molecular formula is C9H17ClN2O2. The van der Waals surface area contributed by atoms with E-state index in [0.717, 1.165) is 25.7 Å². The minimum Gasteiger partial charge on any atom is -0.484 e. The van der Waals surface area contributed by atoms with Crippen LogP contribution in [-0.2, 0) is 9.47 Å². The lowest BCUT2D eigenvalue weighted by Gasteiger charge is -2.03. The largest absolute Gasteiger partial charge is 0.484 e. The molecule has 0 aliphatic rings. The van der Waals surface area contributed by atoms with Gasteiger partial charge in [0.2, 0.25) is 5.90 Å². The summed E-state index contributed by atoms with van der Waals surface area (Å²) in [6.45, 7) is 0. The van der Waals surface area contributed by atoms with Crippen molar-refractivity contribution in [3.8, 4) is 0 Å². The van der Waals surface area contributed by atoms with Gasteiger partial charge in [-0.25, -0.2) is 0 Å². The molecular weight excluding hydrogens is 204 g/mol. The zero-order valence-electron chi connectivity index (χ0n) is 8.68. The van der Waals surface area contributed by atoms with E-state index in [1.54, 1.807) is 7.11 Å². The predicted octanol–water partition coefficient (Wildman–Crippen LogP) is 2.76. The summed E-state index contributed by atoms with van der Waals surface area (Å²) < 4.78 is 13.1. The van der Waals surface area contributed by atoms with Gasteiger partial charge in [0.1, 0.15) is 0 Å². The molecule has 0 amide bonds. The van der Waals surface area contributed by atoms with Crippen LogP contribution in [0.25, 0.3) is 0 Å². The summed E-state index contributed by atoms with van der Waals surface area (Å²) >= 11 is 5.26. The molecule has 0 spiro atoms. The molecule has 0 aromatic rings. The quantitative estimate of drug-likeness (QED) is 0.425. The SMILES string of the molecule is COC(=N)CCCCCC(=NCl)OC. The van der Waals surface area contributed by atoms with E-state index in [-0.39, 0.29) is 0 Å². The van der Waals surface area contributed by atoms with E-state index in [9.17, 15) is 0 Å². The highest BCUT2D eigenvalue weighted by Gasteiger charge is 1.99. The van der Waals surface area contributed by atoms with Crippen molar-refractivity contribution in [2.45, 2.75) is 32.1 Å². The van der Waals surface area contributed by atoms with E-state index in [2.05, 4.69) is 4.51 Å². The van der Waals surface area contributed by atoms with Crippen LogP contribution in [-0.4, -0.2) is 26.0 Å². The Morgan fingerprint density at radius 3 is 2.29 bits per heavy atom. The van der Waals surface area contributed by atoms with Gasteiger partial charge in [-0.3, -0.25) is 5.41 Å². The minimum absolute atomic E-state index is 0.336. The molecule has 0 bridgehead atoms. The van der Waals surface area contributed by atoms with Crippen molar-refractivity contribution in [3.63, 3.8) is 0 Å². The molecule has 0 rings (SSSR count). The number of rotatable bonds is 6. The Hall–Kier alpha value is -0.770. The van der Waals surface area contributed by atoms with Crippen LogP contribution < -0.4 is 0 Å². The van der Waals surface area contributed by atoms with Crippen LogP contribution in [0, 0.1) is 5.41 Å². The maximum atomic E-state index is 7.24. The second-order valence-electron chi connectivity index (χ2n) is 2.87. The third-order valence-corrected chi connectivity index (χ3v) is 2.06. The average molecular weight is 221 g/mol. The van der Waals surface area contributed by atoms with Crippen molar-refractivity contribution < 1.29 is 9.47 Å². The molecule has 4 nitrogen and oxygen atoms in total. The number of hydrogen-bond donors (Lipinski definition) is 1. The second kappa shape index (κ2) is 8.81. The Morgan fingerprint density at radius 1 is 1.14 bits per heavy atom. The highest BCUT2D eigenvalue weighted by atomic mass is 35.5. The minimum atomic E-state index is 0.336. The summed E-state index contributed by atoms with van der Waals surface area (Å²) in [6.07, 6.45) is 4.38. The molecule has 0 aliphatic carbocycles. The Kier molecular flexibility index (Phi) is 8.33. The topological polar surface area (TPSA) is 54.7 Å². The van der Waals surface area contributed by atoms with E-state index in [1.165, 1.54) is 7.11 Å². The maximum absolute atomic E-state index is 7.24. The lowest BCUT2D eigenvalue weighted by molar-refractivity contribution is 0.380. The number of unbranched alkanes of at least 4 members (excludes halogenated alkanes) is 2. The van der Waals surface area contributed by atoms with Gasteiger partial charge in [0.15, 0.2) is 5.90 Å². The van der Waals surface area contributed by atoms with Crippen LogP contribution in [0.4, 0.5) is 0 Å². The zero-order valence-corrected chi connectivity index (χ0v) is 9.43. The van der Waals surface area contributed by atoms with Gasteiger partial charge in [0, 0.05) is 24.6 Å². The third kappa shape index (κ3) is 6.71. The highest BCUT2D eigenvalue weighted by molar-refractivity contribution is 6.19. The van der Waals surface area contributed by atoms with Crippen molar-refractivity contribution in [1.82, 2.24) is 0 Å². The van der Waals surface area contributed by atoms with Crippen LogP contribution in [0.5, 0.6) is 0 Å². The van der Waals surface area contributed by atoms with Gasteiger partial charge in [-0.1, -0.05) is 6.42 Å². The molecule has 1 N–H and O–H groups in total. The van der Waals surface area contributed by atoms with Gasteiger partial charge in [-0.15, -0.1) is 4.51 Å². The molecule has 0 aliphatic heterocycles. The summed E-state index contributed by atoms with van der Waals surface area (Å²) in [5.74, 6) is 0.900. The van der Waals surface area contributed by atoms with Crippen molar-refractivity contribution in [2.75, 3.05) is 14.2 Å². The predicted molar refractivity (Wildman–Crippen MR) is 58.1 cm³/mol. The molecule has 5 heteroatoms. The first kappa shape index (κ1) is 13.2. The van der Waals surface area contributed by atoms with E-state index >= 15 is 0 Å². The Morgan fingerprint density at radius 2 is 1.79 bits per heavy atom. The van der Waals surface area contributed by atoms with Crippen molar-refractivity contribution in [1.29, 1.82) is 5.41 Å². The second-order valence-corrected chi connectivity index (χ2v) is 3.04. The molecule has 0 radical (unpaired) electrons. The fourth-order valence-electron chi connectivity index (χ4n) is 1.02.